The number of nitrogens with zero attached hydrogens (tertiary/aromatic N) is 3. The van der Waals surface area contributed by atoms with Crippen molar-refractivity contribution in [3.8, 4) is 0 Å². The van der Waals surface area contributed by atoms with Gasteiger partial charge in [-0.05, 0) is 36.2 Å². The van der Waals surface area contributed by atoms with E-state index in [1.807, 2.05) is 12.1 Å². The molecule has 1 aliphatic heterocycles. The smallest absolute Gasteiger partial charge is 0.261 e. The van der Waals surface area contributed by atoms with Crippen LogP contribution in [0.4, 0.5) is 5.13 Å². The number of hydrogen-bond donors (Lipinski definition) is 1. The Kier molecular flexibility index (Phi) is 5.37. The molecule has 0 bridgehead atoms. The maximum Gasteiger partial charge on any atom is 0.261 e. The lowest BCUT2D eigenvalue weighted by atomic mass is 10.1. The third kappa shape index (κ3) is 4.18. The summed E-state index contributed by atoms with van der Waals surface area (Å²) >= 11 is 6.99. The van der Waals surface area contributed by atoms with E-state index < -0.39 is 0 Å². The Morgan fingerprint density at radius 1 is 1.00 bits per heavy atom. The third-order valence-corrected chi connectivity index (χ3v) is 5.51. The molecule has 0 saturated heterocycles. The molecule has 0 unspecified atom stereocenters. The van der Waals surface area contributed by atoms with Crippen molar-refractivity contribution in [1.29, 1.82) is 0 Å². The molecule has 0 spiro atoms. The second-order valence-electron chi connectivity index (χ2n) is 6.42. The highest BCUT2D eigenvalue weighted by atomic mass is 35.5. The van der Waals surface area contributed by atoms with Crippen LogP contribution in [0.15, 0.2) is 48.5 Å². The maximum atomic E-state index is 12.4. The lowest BCUT2D eigenvalue weighted by Gasteiger charge is -2.10. The molecule has 1 aliphatic rings. The van der Waals surface area contributed by atoms with Gasteiger partial charge in [0.05, 0.1) is 17.7 Å². The number of nitrogens with one attached hydrogen (secondary N) is 1. The van der Waals surface area contributed by atoms with Crippen LogP contribution in [-0.4, -0.2) is 32.8 Å². The topological polar surface area (TPSA) is 92.3 Å². The van der Waals surface area contributed by atoms with Crippen LogP contribution in [0.2, 0.25) is 5.02 Å². The molecule has 0 atom stereocenters. The average Bonchev–Trinajstić information content (AvgIpc) is 3.26. The Hall–Kier alpha value is -3.10. The van der Waals surface area contributed by atoms with Gasteiger partial charge >= 0.3 is 0 Å². The van der Waals surface area contributed by atoms with Crippen LogP contribution in [0.25, 0.3) is 0 Å². The predicted molar refractivity (Wildman–Crippen MR) is 109 cm³/mol. The van der Waals surface area contributed by atoms with E-state index in [2.05, 4.69) is 15.5 Å². The molecule has 0 aliphatic carbocycles. The van der Waals surface area contributed by atoms with Crippen LogP contribution < -0.4 is 5.32 Å². The zero-order valence-electron chi connectivity index (χ0n) is 15.1. The summed E-state index contributed by atoms with van der Waals surface area (Å²) in [6, 6.07) is 14.0. The van der Waals surface area contributed by atoms with Gasteiger partial charge in [-0.25, -0.2) is 0 Å². The molecule has 0 saturated carbocycles. The molecular weight excluding hydrogens is 412 g/mol. The van der Waals surface area contributed by atoms with Gasteiger partial charge in [0.2, 0.25) is 11.0 Å². The summed E-state index contributed by atoms with van der Waals surface area (Å²) in [5.41, 5.74) is 1.78. The first-order valence-corrected chi connectivity index (χ1v) is 10.0. The summed E-state index contributed by atoms with van der Waals surface area (Å²) in [6.45, 7) is 0.0185. The molecule has 3 amide bonds. The van der Waals surface area contributed by atoms with E-state index >= 15 is 0 Å². The van der Waals surface area contributed by atoms with Gasteiger partial charge in [0.15, 0.2) is 0 Å². The fraction of sp³-hybridized carbons (Fsp3) is 0.150. The Morgan fingerprint density at radius 2 is 1.66 bits per heavy atom. The Labute approximate surface area is 175 Å². The number of anilines is 1. The summed E-state index contributed by atoms with van der Waals surface area (Å²) in [4.78, 5) is 38.1. The minimum atomic E-state index is -0.352. The molecule has 7 nitrogen and oxygen atoms in total. The number of rotatable bonds is 6. The minimum absolute atomic E-state index is 0.0185. The van der Waals surface area contributed by atoms with E-state index in [0.29, 0.717) is 32.7 Å². The number of halogens is 1. The number of aromatic nitrogens is 2. The van der Waals surface area contributed by atoms with Crippen LogP contribution in [0.5, 0.6) is 0 Å². The maximum absolute atomic E-state index is 12.4. The average molecular weight is 427 g/mol. The largest absolute Gasteiger partial charge is 0.301 e. The number of benzene rings is 2. The number of fused-ring (bicyclic) bond motifs is 1. The molecule has 1 N–H and O–H groups in total. The van der Waals surface area contributed by atoms with Gasteiger partial charge < -0.3 is 5.32 Å². The van der Waals surface area contributed by atoms with Crippen molar-refractivity contribution in [3.63, 3.8) is 0 Å². The summed E-state index contributed by atoms with van der Waals surface area (Å²) in [7, 11) is 0. The number of amides is 3. The van der Waals surface area contributed by atoms with E-state index in [4.69, 9.17) is 11.6 Å². The second-order valence-corrected chi connectivity index (χ2v) is 7.92. The van der Waals surface area contributed by atoms with Crippen molar-refractivity contribution in [1.82, 2.24) is 15.1 Å². The molecule has 2 heterocycles. The Morgan fingerprint density at radius 3 is 2.31 bits per heavy atom. The van der Waals surface area contributed by atoms with Crippen molar-refractivity contribution in [3.05, 3.63) is 75.3 Å². The van der Waals surface area contributed by atoms with E-state index in [0.717, 1.165) is 21.8 Å². The fourth-order valence-electron chi connectivity index (χ4n) is 2.98. The van der Waals surface area contributed by atoms with Crippen molar-refractivity contribution < 1.29 is 14.4 Å². The first-order chi connectivity index (χ1) is 14.0. The zero-order chi connectivity index (χ0) is 20.4. The summed E-state index contributed by atoms with van der Waals surface area (Å²) < 4.78 is 0. The summed E-state index contributed by atoms with van der Waals surface area (Å²) in [5, 5.41) is 12.1. The number of carbonyl (C=O) groups excluding carboxylic acids is 3. The number of imide groups is 1. The lowest BCUT2D eigenvalue weighted by molar-refractivity contribution is -0.116. The number of hydrogen-bond acceptors (Lipinski definition) is 6. The van der Waals surface area contributed by atoms with Gasteiger partial charge in [-0.2, -0.15) is 0 Å². The van der Waals surface area contributed by atoms with Gasteiger partial charge in [0.1, 0.15) is 5.01 Å². The molecule has 0 fully saturated rings. The molecule has 1 aromatic heterocycles. The second kappa shape index (κ2) is 8.10. The zero-order valence-corrected chi connectivity index (χ0v) is 16.7. The fourth-order valence-corrected chi connectivity index (χ4v) is 3.85. The molecule has 0 radical (unpaired) electrons. The van der Waals surface area contributed by atoms with Crippen LogP contribution in [0, 0.1) is 0 Å². The van der Waals surface area contributed by atoms with Gasteiger partial charge in [0.25, 0.3) is 11.8 Å². The highest BCUT2D eigenvalue weighted by Crippen LogP contribution is 2.26. The van der Waals surface area contributed by atoms with Crippen LogP contribution >= 0.6 is 22.9 Å². The van der Waals surface area contributed by atoms with Crippen LogP contribution in [-0.2, 0) is 17.8 Å². The van der Waals surface area contributed by atoms with E-state index in [1.54, 1.807) is 36.4 Å². The molecule has 29 heavy (non-hydrogen) atoms. The highest BCUT2D eigenvalue weighted by Gasteiger charge is 2.35. The van der Waals surface area contributed by atoms with E-state index in [9.17, 15) is 14.4 Å². The van der Waals surface area contributed by atoms with Gasteiger partial charge in [0, 0.05) is 11.4 Å². The quantitative estimate of drug-likeness (QED) is 0.608. The molecular formula is C20H15ClN4O3S. The van der Waals surface area contributed by atoms with Crippen LogP contribution in [0.1, 0.15) is 37.7 Å². The SMILES string of the molecule is O=C(CCc1ccc(Cl)cc1)Nc1nnc(CN2C(=O)c3ccccc3C2=O)s1. The van der Waals surface area contributed by atoms with Crippen LogP contribution in [0.3, 0.4) is 0 Å². The first-order valence-electron chi connectivity index (χ1n) is 8.83. The number of aryl methyl sites for hydroxylation is 1. The van der Waals surface area contributed by atoms with Gasteiger partial charge in [-0.3, -0.25) is 19.3 Å². The van der Waals surface area contributed by atoms with Crippen molar-refractivity contribution in [2.24, 2.45) is 0 Å². The number of carbonyl (C=O) groups is 3. The Bertz CT molecular complexity index is 1060. The molecule has 2 aromatic carbocycles. The van der Waals surface area contributed by atoms with Gasteiger partial charge in [-0.15, -0.1) is 10.2 Å². The molecule has 3 aromatic rings. The normalized spacial score (nSPS) is 12.9. The van der Waals surface area contributed by atoms with E-state index in [-0.39, 0.29) is 30.7 Å². The predicted octanol–water partition coefficient (Wildman–Crippen LogP) is 3.56. The first kappa shape index (κ1) is 19.2. The van der Waals surface area contributed by atoms with Crippen molar-refractivity contribution in [2.45, 2.75) is 19.4 Å². The molecule has 9 heteroatoms. The molecule has 146 valence electrons. The minimum Gasteiger partial charge on any atom is -0.301 e. The molecule has 4 rings (SSSR count). The summed E-state index contributed by atoms with van der Waals surface area (Å²) in [6.07, 6.45) is 0.860. The van der Waals surface area contributed by atoms with Crippen molar-refractivity contribution >= 4 is 45.8 Å². The van der Waals surface area contributed by atoms with Crippen molar-refractivity contribution in [2.75, 3.05) is 5.32 Å². The monoisotopic (exact) mass is 426 g/mol. The van der Waals surface area contributed by atoms with E-state index in [1.165, 1.54) is 0 Å². The van der Waals surface area contributed by atoms with Gasteiger partial charge in [-0.1, -0.05) is 47.2 Å². The highest BCUT2D eigenvalue weighted by molar-refractivity contribution is 7.15. The lowest BCUT2D eigenvalue weighted by Crippen LogP contribution is -2.29. The Balaban J connectivity index is 1.34. The summed E-state index contributed by atoms with van der Waals surface area (Å²) in [5.74, 6) is -0.896. The standard InChI is InChI=1S/C20H15ClN4O3S/c21-13-8-5-12(6-9-13)7-10-16(26)22-20-24-23-17(29-20)11-25-18(27)14-3-1-2-4-15(14)19(25)28/h1-6,8-9H,7,10-11H2,(H,22,24,26). The third-order valence-electron chi connectivity index (χ3n) is 4.44.